The second kappa shape index (κ2) is 9.78. The molecular formula is C25H16F4O5. The fraction of sp³-hybridized carbons (Fsp3) is 0.120. The lowest BCUT2D eigenvalue weighted by Crippen LogP contribution is -2.17. The smallest absolute Gasteiger partial charge is 0.387 e. The number of halogens is 4. The molecule has 0 bridgehead atoms. The van der Waals surface area contributed by atoms with Gasteiger partial charge < -0.3 is 14.2 Å². The second-order valence-electron chi connectivity index (χ2n) is 7.11. The molecule has 0 aliphatic heterocycles. The molecule has 0 N–H and O–H groups in total. The molecule has 0 spiro atoms. The Bertz CT molecular complexity index is 1320. The summed E-state index contributed by atoms with van der Waals surface area (Å²) < 4.78 is 64.1. The molecular weight excluding hydrogens is 456 g/mol. The Hall–Kier alpha value is -4.14. The van der Waals surface area contributed by atoms with Crippen molar-refractivity contribution < 1.29 is 41.4 Å². The number of esters is 1. The fourth-order valence-corrected chi connectivity index (χ4v) is 3.62. The van der Waals surface area contributed by atoms with Gasteiger partial charge in [-0.3, -0.25) is 4.79 Å². The summed E-state index contributed by atoms with van der Waals surface area (Å²) >= 11 is 0. The van der Waals surface area contributed by atoms with Gasteiger partial charge in [0.1, 0.15) is 11.5 Å². The third-order valence-corrected chi connectivity index (χ3v) is 5.00. The Kier molecular flexibility index (Phi) is 6.62. The van der Waals surface area contributed by atoms with Crippen molar-refractivity contribution in [1.82, 2.24) is 0 Å². The van der Waals surface area contributed by atoms with E-state index >= 15 is 0 Å². The maximum Gasteiger partial charge on any atom is 0.387 e. The lowest BCUT2D eigenvalue weighted by atomic mass is 9.97. The maximum absolute atomic E-state index is 13.0. The summed E-state index contributed by atoms with van der Waals surface area (Å²) in [5, 5.41) is 2.83. The van der Waals surface area contributed by atoms with E-state index in [4.69, 9.17) is 4.74 Å². The van der Waals surface area contributed by atoms with E-state index in [9.17, 15) is 27.2 Å². The zero-order valence-electron chi connectivity index (χ0n) is 17.3. The Morgan fingerprint density at radius 2 is 1.32 bits per heavy atom. The normalized spacial score (nSPS) is 11.2. The lowest BCUT2D eigenvalue weighted by Gasteiger charge is -2.13. The maximum atomic E-state index is 13.0. The van der Waals surface area contributed by atoms with E-state index < -0.39 is 43.1 Å². The van der Waals surface area contributed by atoms with Gasteiger partial charge >= 0.3 is 19.2 Å². The standard InChI is InChI=1S/C25H16F4O5/c26-24(27)33-16-9-10-19(21(12-16)34-25(28)29)20(30)13-32-23(31)22-17-7-3-1-5-14(17)11-15-6-2-4-8-18(15)22/h1-12,24-25H,13H2. The fourth-order valence-electron chi connectivity index (χ4n) is 3.62. The van der Waals surface area contributed by atoms with E-state index in [0.717, 1.165) is 29.0 Å². The van der Waals surface area contributed by atoms with E-state index in [-0.39, 0.29) is 11.1 Å². The van der Waals surface area contributed by atoms with E-state index in [0.29, 0.717) is 10.8 Å². The van der Waals surface area contributed by atoms with Gasteiger partial charge in [-0.25, -0.2) is 4.79 Å². The molecule has 9 heteroatoms. The number of hydrogen-bond donors (Lipinski definition) is 0. The number of carbonyl (C=O) groups excluding carboxylic acids is 2. The Morgan fingerprint density at radius 3 is 1.91 bits per heavy atom. The van der Waals surface area contributed by atoms with Crippen molar-refractivity contribution in [1.29, 1.82) is 0 Å². The molecule has 4 rings (SSSR count). The van der Waals surface area contributed by atoms with Gasteiger partial charge in [0.2, 0.25) is 5.78 Å². The number of carbonyl (C=O) groups is 2. The number of rotatable bonds is 8. The van der Waals surface area contributed by atoms with E-state index in [1.54, 1.807) is 24.3 Å². The van der Waals surface area contributed by atoms with Crippen molar-refractivity contribution in [2.24, 2.45) is 0 Å². The van der Waals surface area contributed by atoms with Crippen LogP contribution in [0.25, 0.3) is 21.5 Å². The summed E-state index contributed by atoms with van der Waals surface area (Å²) in [6.07, 6.45) is 0. The molecule has 0 fully saturated rings. The number of fused-ring (bicyclic) bond motifs is 2. The van der Waals surface area contributed by atoms with Crippen molar-refractivity contribution in [2.45, 2.75) is 13.2 Å². The average molecular weight is 472 g/mol. The lowest BCUT2D eigenvalue weighted by molar-refractivity contribution is -0.0545. The first kappa shape index (κ1) is 23.0. The van der Waals surface area contributed by atoms with Crippen LogP contribution in [-0.2, 0) is 4.74 Å². The molecule has 5 nitrogen and oxygen atoms in total. The van der Waals surface area contributed by atoms with Gasteiger partial charge in [0, 0.05) is 6.07 Å². The summed E-state index contributed by atoms with van der Waals surface area (Å²) in [6, 6.07) is 19.0. The summed E-state index contributed by atoms with van der Waals surface area (Å²) in [4.78, 5) is 25.7. The molecule has 0 heterocycles. The molecule has 0 unspecified atom stereocenters. The van der Waals surface area contributed by atoms with Crippen molar-refractivity contribution in [3.05, 3.63) is 83.9 Å². The number of hydrogen-bond acceptors (Lipinski definition) is 5. The van der Waals surface area contributed by atoms with Crippen LogP contribution in [0.15, 0.2) is 72.8 Å². The minimum absolute atomic E-state index is 0.256. The molecule has 0 amide bonds. The average Bonchev–Trinajstić information content (AvgIpc) is 2.80. The molecule has 0 aliphatic rings. The summed E-state index contributed by atoms with van der Waals surface area (Å²) in [5.41, 5.74) is -0.122. The highest BCUT2D eigenvalue weighted by Crippen LogP contribution is 2.30. The van der Waals surface area contributed by atoms with Crippen LogP contribution in [-0.4, -0.2) is 31.6 Å². The molecule has 0 aromatic heterocycles. The van der Waals surface area contributed by atoms with Crippen LogP contribution in [0, 0.1) is 0 Å². The van der Waals surface area contributed by atoms with E-state index in [2.05, 4.69) is 9.47 Å². The van der Waals surface area contributed by atoms with Crippen LogP contribution in [0.2, 0.25) is 0 Å². The molecule has 4 aromatic rings. The highest BCUT2D eigenvalue weighted by atomic mass is 19.3. The monoisotopic (exact) mass is 472 g/mol. The van der Waals surface area contributed by atoms with Crippen molar-refractivity contribution in [3.8, 4) is 11.5 Å². The minimum atomic E-state index is -3.32. The molecule has 174 valence electrons. The van der Waals surface area contributed by atoms with E-state index in [1.165, 1.54) is 0 Å². The van der Waals surface area contributed by atoms with Crippen molar-refractivity contribution in [3.63, 3.8) is 0 Å². The third-order valence-electron chi connectivity index (χ3n) is 5.00. The van der Waals surface area contributed by atoms with Crippen LogP contribution in [0.4, 0.5) is 17.6 Å². The zero-order chi connectivity index (χ0) is 24.2. The minimum Gasteiger partial charge on any atom is -0.454 e. The number of benzene rings is 4. The topological polar surface area (TPSA) is 61.8 Å². The number of Topliss-reactive ketones (excluding diaryl/α,β-unsaturated/α-hetero) is 1. The van der Waals surface area contributed by atoms with Gasteiger partial charge in [0.05, 0.1) is 11.1 Å². The van der Waals surface area contributed by atoms with Gasteiger partial charge in [-0.1, -0.05) is 48.5 Å². The molecule has 0 aliphatic carbocycles. The van der Waals surface area contributed by atoms with Crippen molar-refractivity contribution >= 4 is 33.3 Å². The van der Waals surface area contributed by atoms with Crippen LogP contribution in [0.1, 0.15) is 20.7 Å². The second-order valence-corrected chi connectivity index (χ2v) is 7.11. The van der Waals surface area contributed by atoms with Crippen LogP contribution in [0.5, 0.6) is 11.5 Å². The summed E-state index contributed by atoms with van der Waals surface area (Å²) in [6.45, 7) is -7.30. The number of ether oxygens (including phenoxy) is 3. The Balaban J connectivity index is 1.61. The zero-order valence-corrected chi connectivity index (χ0v) is 17.3. The van der Waals surface area contributed by atoms with E-state index in [1.807, 2.05) is 30.3 Å². The largest absolute Gasteiger partial charge is 0.454 e. The van der Waals surface area contributed by atoms with Crippen molar-refractivity contribution in [2.75, 3.05) is 6.61 Å². The first-order chi connectivity index (χ1) is 16.3. The molecule has 0 radical (unpaired) electrons. The SMILES string of the molecule is O=C(COC(=O)c1c2ccccc2cc2ccccc12)c1ccc(OC(F)F)cc1OC(F)F. The van der Waals surface area contributed by atoms with Gasteiger partial charge in [0.25, 0.3) is 0 Å². The summed E-state index contributed by atoms with van der Waals surface area (Å²) in [5.74, 6) is -2.79. The van der Waals surface area contributed by atoms with Crippen LogP contribution < -0.4 is 9.47 Å². The Morgan fingerprint density at radius 1 is 0.735 bits per heavy atom. The molecule has 0 atom stereocenters. The predicted molar refractivity (Wildman–Crippen MR) is 116 cm³/mol. The highest BCUT2D eigenvalue weighted by Gasteiger charge is 2.21. The third kappa shape index (κ3) is 4.93. The van der Waals surface area contributed by atoms with Gasteiger partial charge in [-0.2, -0.15) is 17.6 Å². The Labute approximate surface area is 190 Å². The van der Waals surface area contributed by atoms with Gasteiger partial charge in [-0.05, 0) is 39.7 Å². The highest BCUT2D eigenvalue weighted by molar-refractivity contribution is 6.17. The quantitative estimate of drug-likeness (QED) is 0.132. The van der Waals surface area contributed by atoms with Gasteiger partial charge in [0.15, 0.2) is 6.61 Å². The summed E-state index contributed by atoms with van der Waals surface area (Å²) in [7, 11) is 0. The van der Waals surface area contributed by atoms with Crippen LogP contribution in [0.3, 0.4) is 0 Å². The van der Waals surface area contributed by atoms with Crippen LogP contribution >= 0.6 is 0 Å². The molecule has 0 saturated heterocycles. The molecule has 34 heavy (non-hydrogen) atoms. The van der Waals surface area contributed by atoms with Gasteiger partial charge in [-0.15, -0.1) is 0 Å². The number of alkyl halides is 4. The predicted octanol–water partition coefficient (Wildman–Crippen LogP) is 6.24. The first-order valence-corrected chi connectivity index (χ1v) is 9.98. The number of ketones is 1. The first-order valence-electron chi connectivity index (χ1n) is 9.98. The molecule has 0 saturated carbocycles. The molecule has 4 aromatic carbocycles.